The first-order valence-electron chi connectivity index (χ1n) is 7.43. The van der Waals surface area contributed by atoms with Crippen molar-refractivity contribution in [2.24, 2.45) is 0 Å². The molecule has 1 saturated heterocycles. The van der Waals surface area contributed by atoms with E-state index < -0.39 is 0 Å². The summed E-state index contributed by atoms with van der Waals surface area (Å²) in [5.41, 5.74) is 2.41. The fourth-order valence-electron chi connectivity index (χ4n) is 2.94. The molecule has 1 unspecified atom stereocenters. The van der Waals surface area contributed by atoms with E-state index in [9.17, 15) is 9.90 Å². The first kappa shape index (κ1) is 15.1. The van der Waals surface area contributed by atoms with E-state index in [4.69, 9.17) is 0 Å². The molecule has 1 fully saturated rings. The van der Waals surface area contributed by atoms with Crippen molar-refractivity contribution in [1.82, 2.24) is 14.9 Å². The van der Waals surface area contributed by atoms with Crippen LogP contribution in [-0.2, 0) is 6.61 Å². The Hall–Kier alpha value is -1.79. The minimum absolute atomic E-state index is 0.0649. The van der Waals surface area contributed by atoms with Gasteiger partial charge in [0.15, 0.2) is 0 Å². The van der Waals surface area contributed by atoms with Crippen molar-refractivity contribution in [1.29, 1.82) is 0 Å². The van der Waals surface area contributed by atoms with Crippen molar-refractivity contribution in [3.8, 4) is 0 Å². The number of carbonyl (C=O) groups is 1. The van der Waals surface area contributed by atoms with Crippen LogP contribution in [0, 0.1) is 6.92 Å². The van der Waals surface area contributed by atoms with Gasteiger partial charge in [0.2, 0.25) is 0 Å². The zero-order valence-corrected chi connectivity index (χ0v) is 13.3. The molecule has 1 N–H and O–H groups in total. The number of rotatable bonds is 3. The molecule has 6 heteroatoms. The summed E-state index contributed by atoms with van der Waals surface area (Å²) in [5.74, 6) is 0.955. The van der Waals surface area contributed by atoms with Gasteiger partial charge in [0.25, 0.3) is 5.91 Å². The Balaban J connectivity index is 1.81. The molecule has 1 aliphatic rings. The normalized spacial score (nSPS) is 18.5. The highest BCUT2D eigenvalue weighted by atomic mass is 32.1. The number of piperidine rings is 1. The fourth-order valence-corrected chi connectivity index (χ4v) is 3.57. The average Bonchev–Trinajstić information content (AvgIpc) is 3.08. The minimum atomic E-state index is -0.0649. The maximum atomic E-state index is 12.5. The number of hydrogen-bond acceptors (Lipinski definition) is 5. The molecule has 2 aromatic rings. The van der Waals surface area contributed by atoms with Crippen LogP contribution in [0.3, 0.4) is 0 Å². The minimum Gasteiger partial charge on any atom is -0.392 e. The highest BCUT2D eigenvalue weighted by molar-refractivity contribution is 7.08. The number of carbonyl (C=O) groups excluding carboxylic acids is 1. The van der Waals surface area contributed by atoms with Gasteiger partial charge in [0, 0.05) is 36.1 Å². The van der Waals surface area contributed by atoms with Crippen LogP contribution in [0.15, 0.2) is 23.0 Å². The van der Waals surface area contributed by atoms with Gasteiger partial charge in [-0.25, -0.2) is 9.97 Å². The van der Waals surface area contributed by atoms with Crippen molar-refractivity contribution in [3.05, 3.63) is 45.7 Å². The van der Waals surface area contributed by atoms with Crippen LogP contribution < -0.4 is 0 Å². The molecule has 1 aliphatic heterocycles. The monoisotopic (exact) mass is 317 g/mol. The number of nitrogens with zero attached hydrogens (tertiary/aromatic N) is 3. The van der Waals surface area contributed by atoms with Crippen molar-refractivity contribution >= 4 is 17.2 Å². The van der Waals surface area contributed by atoms with Crippen LogP contribution >= 0.6 is 11.3 Å². The summed E-state index contributed by atoms with van der Waals surface area (Å²) in [7, 11) is 0. The second-order valence-corrected chi connectivity index (χ2v) is 6.37. The number of aryl methyl sites for hydroxylation is 1. The maximum Gasteiger partial charge on any atom is 0.254 e. The first-order chi connectivity index (χ1) is 10.7. The van der Waals surface area contributed by atoms with E-state index in [1.54, 1.807) is 6.20 Å². The Morgan fingerprint density at radius 2 is 2.41 bits per heavy atom. The van der Waals surface area contributed by atoms with Gasteiger partial charge >= 0.3 is 0 Å². The maximum absolute atomic E-state index is 12.5. The fraction of sp³-hybridized carbons (Fsp3) is 0.438. The van der Waals surface area contributed by atoms with Gasteiger partial charge in [-0.3, -0.25) is 4.79 Å². The van der Waals surface area contributed by atoms with Crippen LogP contribution in [-0.4, -0.2) is 39.0 Å². The van der Waals surface area contributed by atoms with Crippen LogP contribution in [0.1, 0.15) is 46.2 Å². The number of amides is 1. The van der Waals surface area contributed by atoms with Crippen LogP contribution in [0.2, 0.25) is 0 Å². The lowest BCUT2D eigenvalue weighted by atomic mass is 9.92. The molecule has 1 amide bonds. The van der Waals surface area contributed by atoms with Crippen molar-refractivity contribution in [3.63, 3.8) is 0 Å². The van der Waals surface area contributed by atoms with Gasteiger partial charge in [0.1, 0.15) is 5.82 Å². The van der Waals surface area contributed by atoms with Gasteiger partial charge in [-0.2, -0.15) is 11.3 Å². The Bertz CT molecular complexity index is 657. The predicted octanol–water partition coefficient (Wildman–Crippen LogP) is 2.36. The second-order valence-electron chi connectivity index (χ2n) is 5.59. The van der Waals surface area contributed by atoms with E-state index in [-0.39, 0.29) is 18.4 Å². The van der Waals surface area contributed by atoms with E-state index in [1.807, 2.05) is 28.7 Å². The first-order valence-corrected chi connectivity index (χ1v) is 8.38. The molecule has 5 nitrogen and oxygen atoms in total. The Morgan fingerprint density at radius 3 is 3.14 bits per heavy atom. The van der Waals surface area contributed by atoms with E-state index in [1.165, 1.54) is 11.3 Å². The Labute approximate surface area is 133 Å². The Kier molecular flexibility index (Phi) is 4.49. The van der Waals surface area contributed by atoms with Gasteiger partial charge < -0.3 is 10.0 Å². The van der Waals surface area contributed by atoms with E-state index in [0.29, 0.717) is 12.4 Å². The highest BCUT2D eigenvalue weighted by Crippen LogP contribution is 2.29. The van der Waals surface area contributed by atoms with Gasteiger partial charge in [-0.15, -0.1) is 0 Å². The second kappa shape index (κ2) is 6.54. The average molecular weight is 317 g/mol. The van der Waals surface area contributed by atoms with Gasteiger partial charge in [0.05, 0.1) is 17.9 Å². The zero-order valence-electron chi connectivity index (χ0n) is 12.5. The van der Waals surface area contributed by atoms with Crippen LogP contribution in [0.25, 0.3) is 0 Å². The molecule has 0 radical (unpaired) electrons. The lowest BCUT2D eigenvalue weighted by Gasteiger charge is -2.33. The highest BCUT2D eigenvalue weighted by Gasteiger charge is 2.28. The number of aromatic nitrogens is 2. The summed E-state index contributed by atoms with van der Waals surface area (Å²) >= 11 is 1.54. The van der Waals surface area contributed by atoms with E-state index >= 15 is 0 Å². The van der Waals surface area contributed by atoms with E-state index in [0.717, 1.165) is 36.2 Å². The quantitative estimate of drug-likeness (QED) is 0.944. The van der Waals surface area contributed by atoms with Crippen molar-refractivity contribution < 1.29 is 9.90 Å². The molecule has 0 saturated carbocycles. The summed E-state index contributed by atoms with van der Waals surface area (Å²) in [6.07, 6.45) is 3.63. The summed E-state index contributed by atoms with van der Waals surface area (Å²) in [4.78, 5) is 23.1. The number of thiophene rings is 1. The Morgan fingerprint density at radius 1 is 1.55 bits per heavy atom. The molecule has 3 rings (SSSR count). The number of aliphatic hydroxyl groups is 1. The topological polar surface area (TPSA) is 66.3 Å². The zero-order chi connectivity index (χ0) is 15.5. The van der Waals surface area contributed by atoms with Crippen LogP contribution in [0.4, 0.5) is 0 Å². The third-order valence-corrected chi connectivity index (χ3v) is 4.74. The smallest absolute Gasteiger partial charge is 0.254 e. The molecular formula is C16H19N3O2S. The lowest BCUT2D eigenvalue weighted by Crippen LogP contribution is -2.39. The summed E-state index contributed by atoms with van der Waals surface area (Å²) in [6, 6.07) is 1.87. The molecule has 2 aromatic heterocycles. The molecule has 0 bridgehead atoms. The molecule has 1 atom stereocenters. The van der Waals surface area contributed by atoms with Gasteiger partial charge in [-0.1, -0.05) is 0 Å². The number of hydrogen-bond donors (Lipinski definition) is 1. The SMILES string of the molecule is Cc1ncc(CO)c(C2CCCN(C(=O)c3ccsc3)C2)n1. The number of likely N-dealkylation sites (tertiary alicyclic amines) is 1. The molecule has 3 heterocycles. The predicted molar refractivity (Wildman–Crippen MR) is 84.9 cm³/mol. The largest absolute Gasteiger partial charge is 0.392 e. The molecule has 0 aliphatic carbocycles. The van der Waals surface area contributed by atoms with Crippen molar-refractivity contribution in [2.75, 3.05) is 13.1 Å². The molecule has 0 aromatic carbocycles. The summed E-state index contributed by atoms with van der Waals surface area (Å²) in [5, 5.41) is 13.3. The summed E-state index contributed by atoms with van der Waals surface area (Å²) in [6.45, 7) is 3.22. The number of aliphatic hydroxyl groups excluding tert-OH is 1. The lowest BCUT2D eigenvalue weighted by molar-refractivity contribution is 0.0705. The summed E-state index contributed by atoms with van der Waals surface area (Å²) < 4.78 is 0. The molecule has 22 heavy (non-hydrogen) atoms. The molecule has 116 valence electrons. The third kappa shape index (κ3) is 3.03. The van der Waals surface area contributed by atoms with E-state index in [2.05, 4.69) is 9.97 Å². The molecule has 0 spiro atoms. The standard InChI is InChI=1S/C16H19N3O2S/c1-11-17-7-14(9-20)15(18-11)12-3-2-5-19(8-12)16(21)13-4-6-22-10-13/h4,6-7,10,12,20H,2-3,5,8-9H2,1H3. The molecular weight excluding hydrogens is 298 g/mol. The van der Waals surface area contributed by atoms with Crippen molar-refractivity contribution in [2.45, 2.75) is 32.3 Å². The van der Waals surface area contributed by atoms with Crippen LogP contribution in [0.5, 0.6) is 0 Å². The third-order valence-electron chi connectivity index (χ3n) is 4.05. The van der Waals surface area contributed by atoms with Gasteiger partial charge in [-0.05, 0) is 31.2 Å².